The largest absolute Gasteiger partial charge is 0.487 e. The first-order chi connectivity index (χ1) is 14.0. The Labute approximate surface area is 166 Å². The SMILES string of the molecule is CC(=O)NCc1cc(-c2cc3n(n2)Cc2ccc(NC=O)cc2OC3)ccc1F. The number of hydrogen-bond acceptors (Lipinski definition) is 4. The summed E-state index contributed by atoms with van der Waals surface area (Å²) in [5, 5.41) is 9.88. The van der Waals surface area contributed by atoms with Gasteiger partial charge in [-0.3, -0.25) is 14.3 Å². The predicted molar refractivity (Wildman–Crippen MR) is 105 cm³/mol. The van der Waals surface area contributed by atoms with E-state index in [0.29, 0.717) is 42.3 Å². The Bertz CT molecular complexity index is 1090. The Morgan fingerprint density at radius 1 is 1.28 bits per heavy atom. The van der Waals surface area contributed by atoms with E-state index in [1.165, 1.54) is 13.0 Å². The minimum absolute atomic E-state index is 0.121. The first kappa shape index (κ1) is 18.7. The molecule has 0 atom stereocenters. The van der Waals surface area contributed by atoms with Crippen molar-refractivity contribution in [1.29, 1.82) is 0 Å². The van der Waals surface area contributed by atoms with Crippen LogP contribution in [0.1, 0.15) is 23.7 Å². The van der Waals surface area contributed by atoms with Crippen molar-refractivity contribution < 1.29 is 18.7 Å². The maximum atomic E-state index is 14.0. The number of nitrogens with one attached hydrogen (secondary N) is 2. The summed E-state index contributed by atoms with van der Waals surface area (Å²) in [6, 6.07) is 12.1. The summed E-state index contributed by atoms with van der Waals surface area (Å²) in [5.74, 6) is 0.106. The molecule has 0 radical (unpaired) electrons. The highest BCUT2D eigenvalue weighted by molar-refractivity contribution is 5.73. The van der Waals surface area contributed by atoms with Gasteiger partial charge in [-0.15, -0.1) is 0 Å². The fraction of sp³-hybridized carbons (Fsp3) is 0.190. The van der Waals surface area contributed by atoms with Crippen molar-refractivity contribution in [3.63, 3.8) is 0 Å². The molecule has 0 saturated heterocycles. The molecule has 2 amide bonds. The molecule has 1 aliphatic rings. The Hall–Kier alpha value is -3.68. The molecule has 2 N–H and O–H groups in total. The molecule has 29 heavy (non-hydrogen) atoms. The maximum Gasteiger partial charge on any atom is 0.217 e. The Morgan fingerprint density at radius 3 is 2.93 bits per heavy atom. The minimum atomic E-state index is -0.375. The number of rotatable bonds is 5. The number of halogens is 1. The van der Waals surface area contributed by atoms with Gasteiger partial charge in [0, 0.05) is 41.9 Å². The Kier molecular flexibility index (Phi) is 4.99. The van der Waals surface area contributed by atoms with Gasteiger partial charge in [-0.05, 0) is 30.3 Å². The molecular weight excluding hydrogens is 375 g/mol. The minimum Gasteiger partial charge on any atom is -0.487 e. The van der Waals surface area contributed by atoms with Gasteiger partial charge >= 0.3 is 0 Å². The third-order valence-corrected chi connectivity index (χ3v) is 4.72. The molecule has 0 aliphatic carbocycles. The van der Waals surface area contributed by atoms with Gasteiger partial charge in [0.25, 0.3) is 0 Å². The van der Waals surface area contributed by atoms with E-state index >= 15 is 0 Å². The molecule has 0 unspecified atom stereocenters. The number of nitrogens with zero attached hydrogens (tertiary/aromatic N) is 2. The molecule has 0 saturated carbocycles. The number of carbonyl (C=O) groups is 2. The Morgan fingerprint density at radius 2 is 2.14 bits per heavy atom. The first-order valence-electron chi connectivity index (χ1n) is 9.09. The molecule has 2 aromatic carbocycles. The highest BCUT2D eigenvalue weighted by Crippen LogP contribution is 2.30. The van der Waals surface area contributed by atoms with E-state index in [4.69, 9.17) is 4.74 Å². The summed E-state index contributed by atoms with van der Waals surface area (Å²) in [7, 11) is 0. The number of amides is 2. The molecule has 3 aromatic rings. The van der Waals surface area contributed by atoms with Crippen molar-refractivity contribution in [2.24, 2.45) is 0 Å². The highest BCUT2D eigenvalue weighted by atomic mass is 19.1. The van der Waals surface area contributed by atoms with Gasteiger partial charge in [0.05, 0.1) is 17.9 Å². The zero-order chi connectivity index (χ0) is 20.4. The van der Waals surface area contributed by atoms with Crippen LogP contribution in [0.3, 0.4) is 0 Å². The van der Waals surface area contributed by atoms with Gasteiger partial charge < -0.3 is 15.4 Å². The smallest absolute Gasteiger partial charge is 0.217 e. The molecule has 1 aliphatic heterocycles. The molecule has 0 bridgehead atoms. The summed E-state index contributed by atoms with van der Waals surface area (Å²) < 4.78 is 21.8. The van der Waals surface area contributed by atoms with Crippen LogP contribution in [-0.4, -0.2) is 22.1 Å². The van der Waals surface area contributed by atoms with E-state index in [0.717, 1.165) is 16.8 Å². The quantitative estimate of drug-likeness (QED) is 0.652. The van der Waals surface area contributed by atoms with Gasteiger partial charge in [0.1, 0.15) is 18.2 Å². The first-order valence-corrected chi connectivity index (χ1v) is 9.09. The number of carbonyl (C=O) groups excluding carboxylic acids is 2. The summed E-state index contributed by atoms with van der Waals surface area (Å²) in [6.07, 6.45) is 0.624. The lowest BCUT2D eigenvalue weighted by molar-refractivity contribution is -0.119. The summed E-state index contributed by atoms with van der Waals surface area (Å²) in [6.45, 7) is 2.36. The summed E-state index contributed by atoms with van der Waals surface area (Å²) in [4.78, 5) is 21.8. The van der Waals surface area contributed by atoms with E-state index in [1.807, 2.05) is 16.8 Å². The topological polar surface area (TPSA) is 85.3 Å². The van der Waals surface area contributed by atoms with Crippen LogP contribution in [-0.2, 0) is 29.3 Å². The number of aromatic nitrogens is 2. The lowest BCUT2D eigenvalue weighted by Gasteiger charge is -2.09. The number of ether oxygens (including phenoxy) is 1. The zero-order valence-electron chi connectivity index (χ0n) is 15.7. The molecule has 0 fully saturated rings. The predicted octanol–water partition coefficient (Wildman–Crippen LogP) is 2.83. The lowest BCUT2D eigenvalue weighted by atomic mass is 10.1. The van der Waals surface area contributed by atoms with Crippen LogP contribution in [0.15, 0.2) is 42.5 Å². The standard InChI is InChI=1S/C21H19FN4O3/c1-13(28)23-9-16-6-14(3-5-19(16)22)20-8-18-11-29-21-7-17(24-12-27)4-2-15(21)10-26(18)25-20/h2-8,12H,9-11H2,1H3,(H,23,28)(H,24,27). The van der Waals surface area contributed by atoms with Crippen LogP contribution >= 0.6 is 0 Å². The van der Waals surface area contributed by atoms with Crippen molar-refractivity contribution in [3.8, 4) is 17.0 Å². The molecule has 0 spiro atoms. The van der Waals surface area contributed by atoms with Gasteiger partial charge in [0.2, 0.25) is 12.3 Å². The molecule has 7 nitrogen and oxygen atoms in total. The molecule has 4 rings (SSSR count). The van der Waals surface area contributed by atoms with Crippen molar-refractivity contribution in [2.45, 2.75) is 26.6 Å². The monoisotopic (exact) mass is 394 g/mol. The molecule has 8 heteroatoms. The average molecular weight is 394 g/mol. The van der Waals surface area contributed by atoms with E-state index < -0.39 is 0 Å². The number of fused-ring (bicyclic) bond motifs is 2. The second-order valence-corrected chi connectivity index (χ2v) is 6.77. The number of anilines is 1. The van der Waals surface area contributed by atoms with Crippen LogP contribution in [0.25, 0.3) is 11.3 Å². The third kappa shape index (κ3) is 3.96. The van der Waals surface area contributed by atoms with E-state index in [-0.39, 0.29) is 18.3 Å². The van der Waals surface area contributed by atoms with Gasteiger partial charge in [0.15, 0.2) is 0 Å². The summed E-state index contributed by atoms with van der Waals surface area (Å²) in [5.41, 5.74) is 4.36. The van der Waals surface area contributed by atoms with E-state index in [2.05, 4.69) is 15.7 Å². The van der Waals surface area contributed by atoms with E-state index in [9.17, 15) is 14.0 Å². The highest BCUT2D eigenvalue weighted by Gasteiger charge is 2.18. The zero-order valence-corrected chi connectivity index (χ0v) is 15.7. The van der Waals surface area contributed by atoms with Crippen molar-refractivity contribution >= 4 is 18.0 Å². The average Bonchev–Trinajstić information content (AvgIpc) is 3.02. The summed E-state index contributed by atoms with van der Waals surface area (Å²) >= 11 is 0. The van der Waals surface area contributed by atoms with Crippen LogP contribution < -0.4 is 15.4 Å². The molecule has 2 heterocycles. The van der Waals surface area contributed by atoms with Gasteiger partial charge in [-0.2, -0.15) is 5.10 Å². The molecule has 148 valence electrons. The van der Waals surface area contributed by atoms with Gasteiger partial charge in [-0.1, -0.05) is 6.07 Å². The van der Waals surface area contributed by atoms with Crippen molar-refractivity contribution in [3.05, 3.63) is 65.1 Å². The maximum absolute atomic E-state index is 14.0. The van der Waals surface area contributed by atoms with Crippen molar-refractivity contribution in [2.75, 3.05) is 5.32 Å². The van der Waals surface area contributed by atoms with Crippen LogP contribution in [0.4, 0.5) is 10.1 Å². The normalized spacial score (nSPS) is 12.2. The fourth-order valence-electron chi connectivity index (χ4n) is 3.23. The molecular formula is C21H19FN4O3. The fourth-order valence-corrected chi connectivity index (χ4v) is 3.23. The lowest BCUT2D eigenvalue weighted by Crippen LogP contribution is -2.19. The number of benzene rings is 2. The second-order valence-electron chi connectivity index (χ2n) is 6.77. The third-order valence-electron chi connectivity index (χ3n) is 4.72. The van der Waals surface area contributed by atoms with Crippen LogP contribution in [0, 0.1) is 5.82 Å². The Balaban J connectivity index is 1.61. The van der Waals surface area contributed by atoms with Crippen LogP contribution in [0.2, 0.25) is 0 Å². The number of hydrogen-bond donors (Lipinski definition) is 2. The van der Waals surface area contributed by atoms with Gasteiger partial charge in [-0.25, -0.2) is 4.39 Å². The van der Waals surface area contributed by atoms with E-state index in [1.54, 1.807) is 24.3 Å². The van der Waals surface area contributed by atoms with Crippen molar-refractivity contribution in [1.82, 2.24) is 15.1 Å². The van der Waals surface area contributed by atoms with Crippen LogP contribution in [0.5, 0.6) is 5.75 Å². The molecule has 1 aromatic heterocycles. The second kappa shape index (κ2) is 7.75.